The molecule has 0 atom stereocenters. The van der Waals surface area contributed by atoms with Crippen LogP contribution in [-0.4, -0.2) is 18.3 Å². The second-order valence-corrected chi connectivity index (χ2v) is 15.8. The summed E-state index contributed by atoms with van der Waals surface area (Å²) in [5.74, 6) is 11.3. The third-order valence-electron chi connectivity index (χ3n) is 11.6. The lowest BCUT2D eigenvalue weighted by Crippen LogP contribution is -2.41. The van der Waals surface area contributed by atoms with Crippen LogP contribution in [0.15, 0.2) is 152 Å². The summed E-state index contributed by atoms with van der Waals surface area (Å²) in [5.41, 5.74) is 14.3. The van der Waals surface area contributed by atoms with E-state index in [0.29, 0.717) is 22.3 Å². The molecule has 2 nitrogen and oxygen atoms in total. The molecule has 0 aliphatic carbocycles. The van der Waals surface area contributed by atoms with Gasteiger partial charge in [-0.25, -0.2) is 0 Å². The highest BCUT2D eigenvalue weighted by Crippen LogP contribution is 2.42. The lowest BCUT2D eigenvalue weighted by molar-refractivity contribution is 0.00578. The van der Waals surface area contributed by atoms with E-state index in [0.717, 1.165) is 72.2 Å². The van der Waals surface area contributed by atoms with E-state index in [1.807, 2.05) is 48.5 Å². The second-order valence-electron chi connectivity index (χ2n) is 15.8. The molecule has 1 fully saturated rings. The van der Waals surface area contributed by atoms with E-state index in [1.54, 1.807) is 0 Å². The number of benzene rings is 7. The van der Waals surface area contributed by atoms with Gasteiger partial charge in [0.05, 0.1) is 11.2 Å². The van der Waals surface area contributed by atoms with Crippen LogP contribution in [0.25, 0.3) is 66.8 Å². The van der Waals surface area contributed by atoms with Crippen molar-refractivity contribution < 1.29 is 9.31 Å². The van der Waals surface area contributed by atoms with Gasteiger partial charge in [0.1, 0.15) is 0 Å². The van der Waals surface area contributed by atoms with Crippen molar-refractivity contribution in [3.63, 3.8) is 0 Å². The lowest BCUT2D eigenvalue weighted by atomic mass is 9.76. The number of hydrogen-bond acceptors (Lipinski definition) is 2. The smallest absolute Gasteiger partial charge is 0.399 e. The molecule has 0 amide bonds. The summed E-state index contributed by atoms with van der Waals surface area (Å²) in [7, 11) is -0.603. The molecule has 8 rings (SSSR count). The predicted octanol–water partition coefficient (Wildman–Crippen LogP) is 11.9. The summed E-state index contributed by atoms with van der Waals surface area (Å²) < 4.78 is 13.4. The Labute approximate surface area is 349 Å². The average Bonchev–Trinajstić information content (AvgIpc) is 3.51. The Kier molecular flexibility index (Phi) is 10.2. The Morgan fingerprint density at radius 2 is 0.797 bits per heavy atom. The van der Waals surface area contributed by atoms with E-state index in [-0.39, 0.29) is 0 Å². The first-order chi connectivity index (χ1) is 28.5. The highest BCUT2D eigenvalue weighted by molar-refractivity contribution is 6.62. The SMILES string of the molecule is C#Cc1cccc(-c2ccc(-c3cc(B4OC(C)(C)C(C)(C)O4)cc(-c4cc(-c5ccccc5)cc(-c5ccccc5)c4)c3)cc2-c2cccc(C#C)c2C#C)c1C#C. The van der Waals surface area contributed by atoms with Crippen LogP contribution in [0.5, 0.6) is 0 Å². The van der Waals surface area contributed by atoms with Crippen LogP contribution in [0, 0.1) is 49.4 Å². The van der Waals surface area contributed by atoms with E-state index in [4.69, 9.17) is 35.0 Å². The number of terminal acetylenes is 4. The van der Waals surface area contributed by atoms with Crippen molar-refractivity contribution in [1.82, 2.24) is 0 Å². The predicted molar refractivity (Wildman–Crippen MR) is 247 cm³/mol. The van der Waals surface area contributed by atoms with Gasteiger partial charge in [-0.15, -0.1) is 25.7 Å². The van der Waals surface area contributed by atoms with E-state index < -0.39 is 18.3 Å². The van der Waals surface area contributed by atoms with Crippen LogP contribution in [0.3, 0.4) is 0 Å². The summed E-state index contributed by atoms with van der Waals surface area (Å²) in [4.78, 5) is 0. The van der Waals surface area contributed by atoms with Crippen LogP contribution in [0.1, 0.15) is 49.9 Å². The van der Waals surface area contributed by atoms with Gasteiger partial charge in [-0.05, 0) is 142 Å². The zero-order valence-electron chi connectivity index (χ0n) is 33.6. The summed E-state index contributed by atoms with van der Waals surface area (Å²) in [6.07, 6.45) is 24.3. The Morgan fingerprint density at radius 1 is 0.373 bits per heavy atom. The van der Waals surface area contributed by atoms with Gasteiger partial charge in [0.15, 0.2) is 0 Å². The topological polar surface area (TPSA) is 18.5 Å². The molecule has 3 heteroatoms. The zero-order chi connectivity index (χ0) is 41.3. The van der Waals surface area contributed by atoms with Crippen molar-refractivity contribution >= 4 is 12.6 Å². The molecule has 0 spiro atoms. The van der Waals surface area contributed by atoms with Crippen LogP contribution >= 0.6 is 0 Å². The standard InChI is InChI=1S/C56H41BO2/c1-9-38-25-19-27-51(49(38)11-3)53-30-29-42(37-54(53)52-28-20-26-39(10-2)50(52)12-4)46-34-47(36-48(35-46)57-58-55(5,6)56(7,8)59-57)45-32-43(40-21-15-13-16-22-40)31-44(33-45)41-23-17-14-18-24-41/h1-4,13-37H,5-8H3. The van der Waals surface area contributed by atoms with Crippen molar-refractivity contribution in [2.45, 2.75) is 38.9 Å². The maximum Gasteiger partial charge on any atom is 0.494 e. The minimum absolute atomic E-state index is 0.536. The summed E-state index contributed by atoms with van der Waals surface area (Å²) in [5, 5.41) is 0. The van der Waals surface area contributed by atoms with Gasteiger partial charge in [-0.2, -0.15) is 0 Å². The van der Waals surface area contributed by atoms with Crippen LogP contribution in [-0.2, 0) is 9.31 Å². The summed E-state index contributed by atoms with van der Waals surface area (Å²) >= 11 is 0. The van der Waals surface area contributed by atoms with Gasteiger partial charge in [0, 0.05) is 22.3 Å². The Balaban J connectivity index is 1.39. The van der Waals surface area contributed by atoms with Crippen LogP contribution < -0.4 is 5.46 Å². The Bertz CT molecular complexity index is 2850. The molecule has 59 heavy (non-hydrogen) atoms. The average molecular weight is 757 g/mol. The fourth-order valence-corrected chi connectivity index (χ4v) is 7.78. The van der Waals surface area contributed by atoms with Crippen molar-refractivity contribution in [2.24, 2.45) is 0 Å². The molecular weight excluding hydrogens is 715 g/mol. The molecule has 0 N–H and O–H groups in total. The maximum atomic E-state index is 6.69. The molecule has 0 unspecified atom stereocenters. The molecule has 0 bridgehead atoms. The van der Waals surface area contributed by atoms with Gasteiger partial charge in [-0.3, -0.25) is 0 Å². The first-order valence-electron chi connectivity index (χ1n) is 19.6. The quantitative estimate of drug-likeness (QED) is 0.119. The van der Waals surface area contributed by atoms with Gasteiger partial charge < -0.3 is 9.31 Å². The Hall–Kier alpha value is -7.24. The Morgan fingerprint density at radius 3 is 1.25 bits per heavy atom. The minimum atomic E-state index is -0.603. The summed E-state index contributed by atoms with van der Waals surface area (Å²) in [6, 6.07) is 52.3. The molecule has 0 saturated carbocycles. The maximum absolute atomic E-state index is 6.69. The molecule has 1 aliphatic heterocycles. The number of rotatable bonds is 7. The first-order valence-corrected chi connectivity index (χ1v) is 19.6. The van der Waals surface area contributed by atoms with Crippen molar-refractivity contribution in [2.75, 3.05) is 0 Å². The van der Waals surface area contributed by atoms with Crippen molar-refractivity contribution in [1.29, 1.82) is 0 Å². The molecule has 1 saturated heterocycles. The molecule has 280 valence electrons. The highest BCUT2D eigenvalue weighted by Gasteiger charge is 2.51. The monoisotopic (exact) mass is 756 g/mol. The fourth-order valence-electron chi connectivity index (χ4n) is 7.78. The normalized spacial score (nSPS) is 13.8. The fraction of sp³-hybridized carbons (Fsp3) is 0.107. The molecule has 7 aromatic rings. The molecule has 1 aliphatic rings. The largest absolute Gasteiger partial charge is 0.494 e. The van der Waals surface area contributed by atoms with Crippen LogP contribution in [0.4, 0.5) is 0 Å². The third-order valence-corrected chi connectivity index (χ3v) is 11.6. The molecule has 1 heterocycles. The molecule has 0 aromatic heterocycles. The second kappa shape index (κ2) is 15.6. The zero-order valence-corrected chi connectivity index (χ0v) is 33.6. The molecule has 0 radical (unpaired) electrons. The van der Waals surface area contributed by atoms with E-state index in [1.165, 1.54) is 0 Å². The third kappa shape index (κ3) is 7.28. The molecule has 7 aromatic carbocycles. The van der Waals surface area contributed by atoms with Gasteiger partial charge in [-0.1, -0.05) is 133 Å². The number of hydrogen-bond donors (Lipinski definition) is 0. The van der Waals surface area contributed by atoms with Gasteiger partial charge in [0.2, 0.25) is 0 Å². The van der Waals surface area contributed by atoms with Crippen LogP contribution in [0.2, 0.25) is 0 Å². The van der Waals surface area contributed by atoms with E-state index >= 15 is 0 Å². The van der Waals surface area contributed by atoms with E-state index in [2.05, 4.69) is 155 Å². The summed E-state index contributed by atoms with van der Waals surface area (Å²) in [6.45, 7) is 8.30. The van der Waals surface area contributed by atoms with Gasteiger partial charge >= 0.3 is 7.12 Å². The highest BCUT2D eigenvalue weighted by atomic mass is 16.7. The van der Waals surface area contributed by atoms with Crippen molar-refractivity contribution in [3.8, 4) is 116 Å². The minimum Gasteiger partial charge on any atom is -0.399 e. The lowest BCUT2D eigenvalue weighted by Gasteiger charge is -2.32. The van der Waals surface area contributed by atoms with Gasteiger partial charge in [0.25, 0.3) is 0 Å². The van der Waals surface area contributed by atoms with Crippen molar-refractivity contribution in [3.05, 3.63) is 174 Å². The van der Waals surface area contributed by atoms with E-state index in [9.17, 15) is 0 Å². The first kappa shape index (κ1) is 38.6. The molecular formula is C56H41BO2.